The fourth-order valence-corrected chi connectivity index (χ4v) is 2.55. The molecule has 1 saturated heterocycles. The number of nitrogens with zero attached hydrogens (tertiary/aromatic N) is 3. The molecule has 0 saturated carbocycles. The van der Waals surface area contributed by atoms with E-state index in [0.29, 0.717) is 23.7 Å². The van der Waals surface area contributed by atoms with Crippen LogP contribution in [0.15, 0.2) is 21.8 Å². The van der Waals surface area contributed by atoms with Gasteiger partial charge < -0.3 is 4.90 Å². The second-order valence-electron chi connectivity index (χ2n) is 4.95. The first-order chi connectivity index (χ1) is 8.16. The topological polar surface area (TPSA) is 28.0 Å². The van der Waals surface area contributed by atoms with E-state index in [1.807, 2.05) is 0 Å². The fourth-order valence-electron chi connectivity index (χ4n) is 2.43. The van der Waals surface area contributed by atoms with Crippen molar-refractivity contribution in [1.82, 2.24) is 4.90 Å². The third kappa shape index (κ3) is 3.39. The average Bonchev–Trinajstić information content (AvgIpc) is 2.54. The van der Waals surface area contributed by atoms with Gasteiger partial charge in [-0.1, -0.05) is 11.6 Å². The molecule has 0 atom stereocenters. The molecular formula is C13H20ClN3. The molecule has 17 heavy (non-hydrogen) atoms. The van der Waals surface area contributed by atoms with Gasteiger partial charge in [0.2, 0.25) is 0 Å². The van der Waals surface area contributed by atoms with Crippen LogP contribution in [0.5, 0.6) is 0 Å². The maximum absolute atomic E-state index is 5.85. The Morgan fingerprint density at radius 2 is 2.06 bits per heavy atom. The first-order valence-electron chi connectivity index (χ1n) is 6.35. The monoisotopic (exact) mass is 253 g/mol. The van der Waals surface area contributed by atoms with Crippen LogP contribution in [0.1, 0.15) is 26.7 Å². The Bertz CT molecular complexity index is 350. The summed E-state index contributed by atoms with van der Waals surface area (Å²) in [5, 5.41) is 0.510. The highest BCUT2D eigenvalue weighted by molar-refractivity contribution is 6.80. The molecule has 0 aromatic carbocycles. The van der Waals surface area contributed by atoms with Gasteiger partial charge in [-0.3, -0.25) is 9.98 Å². The predicted octanol–water partition coefficient (Wildman–Crippen LogP) is 2.71. The minimum Gasteiger partial charge on any atom is -0.301 e. The number of rotatable bonds is 2. The molecule has 2 aliphatic heterocycles. The van der Waals surface area contributed by atoms with Crippen LogP contribution in [-0.2, 0) is 0 Å². The lowest BCUT2D eigenvalue weighted by Gasteiger charge is -2.34. The highest BCUT2D eigenvalue weighted by atomic mass is 35.5. The summed E-state index contributed by atoms with van der Waals surface area (Å²) in [5.74, 6) is 0.582. The van der Waals surface area contributed by atoms with Crippen molar-refractivity contribution in [3.8, 4) is 0 Å². The highest BCUT2D eigenvalue weighted by Gasteiger charge is 2.23. The molecule has 2 heterocycles. The fraction of sp³-hybridized carbons (Fsp3) is 0.692. The highest BCUT2D eigenvalue weighted by Crippen LogP contribution is 2.26. The molecule has 0 N–H and O–H groups in total. The van der Waals surface area contributed by atoms with Crippen LogP contribution in [0.25, 0.3) is 0 Å². The van der Waals surface area contributed by atoms with Crippen LogP contribution in [-0.4, -0.2) is 42.0 Å². The Hall–Kier alpha value is -0.670. The summed E-state index contributed by atoms with van der Waals surface area (Å²) in [7, 11) is 0. The Morgan fingerprint density at radius 3 is 2.71 bits per heavy atom. The number of allylic oxidation sites excluding steroid dienone is 1. The van der Waals surface area contributed by atoms with Crippen molar-refractivity contribution in [2.75, 3.05) is 19.6 Å². The lowest BCUT2D eigenvalue weighted by Crippen LogP contribution is -2.38. The summed E-state index contributed by atoms with van der Waals surface area (Å²) >= 11 is 5.85. The van der Waals surface area contributed by atoms with Gasteiger partial charge in [0.05, 0.1) is 12.8 Å². The zero-order valence-corrected chi connectivity index (χ0v) is 11.3. The van der Waals surface area contributed by atoms with E-state index >= 15 is 0 Å². The Balaban J connectivity index is 1.93. The maximum atomic E-state index is 5.85. The lowest BCUT2D eigenvalue weighted by molar-refractivity contribution is 0.160. The van der Waals surface area contributed by atoms with E-state index < -0.39 is 0 Å². The Morgan fingerprint density at radius 1 is 1.35 bits per heavy atom. The van der Waals surface area contributed by atoms with Gasteiger partial charge in [0.25, 0.3) is 0 Å². The third-order valence-electron chi connectivity index (χ3n) is 3.54. The number of halogens is 1. The van der Waals surface area contributed by atoms with Crippen LogP contribution in [0.2, 0.25) is 0 Å². The minimum atomic E-state index is 0.510. The quantitative estimate of drug-likeness (QED) is 0.744. The molecule has 0 aliphatic carbocycles. The second-order valence-corrected chi connectivity index (χ2v) is 5.34. The molecule has 2 aliphatic rings. The van der Waals surface area contributed by atoms with Crippen molar-refractivity contribution in [2.24, 2.45) is 15.9 Å². The van der Waals surface area contributed by atoms with E-state index in [0.717, 1.165) is 0 Å². The third-order valence-corrected chi connectivity index (χ3v) is 3.76. The Labute approximate surface area is 108 Å². The molecule has 0 unspecified atom stereocenters. The number of hydrogen-bond acceptors (Lipinski definition) is 3. The molecule has 0 spiro atoms. The van der Waals surface area contributed by atoms with Gasteiger partial charge >= 0.3 is 0 Å². The molecule has 0 aromatic rings. The van der Waals surface area contributed by atoms with E-state index in [2.05, 4.69) is 34.8 Å². The summed E-state index contributed by atoms with van der Waals surface area (Å²) in [6.07, 6.45) is 6.18. The zero-order valence-electron chi connectivity index (χ0n) is 10.6. The minimum absolute atomic E-state index is 0.510. The van der Waals surface area contributed by atoms with Crippen LogP contribution in [0.4, 0.5) is 0 Å². The molecule has 0 amide bonds. The van der Waals surface area contributed by atoms with Crippen LogP contribution in [0, 0.1) is 5.92 Å². The van der Waals surface area contributed by atoms with Crippen molar-refractivity contribution in [1.29, 1.82) is 0 Å². The summed E-state index contributed by atoms with van der Waals surface area (Å²) in [6.45, 7) is 7.53. The molecule has 0 aromatic heterocycles. The Kier molecular flexibility index (Phi) is 4.35. The summed E-state index contributed by atoms with van der Waals surface area (Å²) < 4.78 is 0. The van der Waals surface area contributed by atoms with Gasteiger partial charge in [0.1, 0.15) is 5.17 Å². The van der Waals surface area contributed by atoms with Gasteiger partial charge in [0, 0.05) is 17.7 Å². The smallest absolute Gasteiger partial charge is 0.142 e. The van der Waals surface area contributed by atoms with Crippen molar-refractivity contribution < 1.29 is 0 Å². The first kappa shape index (κ1) is 12.8. The van der Waals surface area contributed by atoms with E-state index in [1.165, 1.54) is 31.6 Å². The zero-order chi connectivity index (χ0) is 12.3. The molecule has 2 rings (SSSR count). The molecule has 1 fully saturated rings. The van der Waals surface area contributed by atoms with Crippen molar-refractivity contribution >= 4 is 23.0 Å². The van der Waals surface area contributed by atoms with Crippen LogP contribution in [0.3, 0.4) is 0 Å². The van der Waals surface area contributed by atoms with Gasteiger partial charge in [-0.25, -0.2) is 0 Å². The second kappa shape index (κ2) is 5.78. The van der Waals surface area contributed by atoms with E-state index in [9.17, 15) is 0 Å². The molecule has 0 radical (unpaired) electrons. The molecule has 3 nitrogen and oxygen atoms in total. The van der Waals surface area contributed by atoms with E-state index in [4.69, 9.17) is 11.6 Å². The van der Waals surface area contributed by atoms with Gasteiger partial charge in [-0.05, 0) is 45.9 Å². The normalized spacial score (nSPS) is 23.5. The predicted molar refractivity (Wildman–Crippen MR) is 74.2 cm³/mol. The average molecular weight is 254 g/mol. The van der Waals surface area contributed by atoms with E-state index in [-0.39, 0.29) is 0 Å². The largest absolute Gasteiger partial charge is 0.301 e. The van der Waals surface area contributed by atoms with Gasteiger partial charge in [-0.2, -0.15) is 0 Å². The molecular weight excluding hydrogens is 234 g/mol. The molecule has 94 valence electrons. The standard InChI is InChI=1S/C13H20ClN3/c1-10(2)17-7-4-11(5-8-17)12-3-6-15-13(14)9-16-12/h3,9-11H,4-8H2,1-2H3. The van der Waals surface area contributed by atoms with Gasteiger partial charge in [0.15, 0.2) is 0 Å². The summed E-state index contributed by atoms with van der Waals surface area (Å²) in [6, 6.07) is 0.653. The number of likely N-dealkylation sites (tertiary alicyclic amines) is 1. The number of piperidine rings is 1. The van der Waals surface area contributed by atoms with Crippen molar-refractivity contribution in [3.63, 3.8) is 0 Å². The van der Waals surface area contributed by atoms with Crippen molar-refractivity contribution in [2.45, 2.75) is 32.7 Å². The van der Waals surface area contributed by atoms with Crippen LogP contribution < -0.4 is 0 Å². The summed E-state index contributed by atoms with van der Waals surface area (Å²) in [4.78, 5) is 11.1. The summed E-state index contributed by atoms with van der Waals surface area (Å²) in [5.41, 5.74) is 1.17. The molecule has 4 heteroatoms. The van der Waals surface area contributed by atoms with Crippen LogP contribution >= 0.6 is 11.6 Å². The van der Waals surface area contributed by atoms with Gasteiger partial charge in [-0.15, -0.1) is 0 Å². The maximum Gasteiger partial charge on any atom is 0.142 e. The number of aliphatic imine (C=N–C) groups is 2. The van der Waals surface area contributed by atoms with Crippen molar-refractivity contribution in [3.05, 3.63) is 11.8 Å². The first-order valence-corrected chi connectivity index (χ1v) is 6.72. The number of hydrogen-bond donors (Lipinski definition) is 0. The lowest BCUT2D eigenvalue weighted by atomic mass is 9.92. The van der Waals surface area contributed by atoms with E-state index in [1.54, 1.807) is 6.21 Å². The SMILES string of the molecule is CC(C)N1CCC(C2=CCN=C(Cl)C=N2)CC1. The molecule has 0 bridgehead atoms.